The fourth-order valence-corrected chi connectivity index (χ4v) is 2.81. The molecule has 1 aliphatic rings. The maximum Gasteiger partial charge on any atom is 0.203 e. The van der Waals surface area contributed by atoms with E-state index in [1.807, 2.05) is 18.5 Å². The SMILES string of the molecule is CC(Nc1nccn1C1CCCC1)c1cccnc1. The van der Waals surface area contributed by atoms with Gasteiger partial charge >= 0.3 is 0 Å². The van der Waals surface area contributed by atoms with Gasteiger partial charge in [-0.05, 0) is 31.4 Å². The van der Waals surface area contributed by atoms with Crippen molar-refractivity contribution in [1.29, 1.82) is 0 Å². The Balaban J connectivity index is 1.75. The first-order valence-corrected chi connectivity index (χ1v) is 7.04. The smallest absolute Gasteiger partial charge is 0.203 e. The van der Waals surface area contributed by atoms with Crippen molar-refractivity contribution in [3.63, 3.8) is 0 Å². The normalized spacial score (nSPS) is 17.5. The molecule has 1 N–H and O–H groups in total. The lowest BCUT2D eigenvalue weighted by atomic mass is 10.1. The van der Waals surface area contributed by atoms with E-state index < -0.39 is 0 Å². The number of nitrogens with one attached hydrogen (secondary N) is 1. The van der Waals surface area contributed by atoms with Crippen molar-refractivity contribution in [2.45, 2.75) is 44.7 Å². The predicted octanol–water partition coefficient (Wildman–Crippen LogP) is 3.57. The summed E-state index contributed by atoms with van der Waals surface area (Å²) in [7, 11) is 0. The van der Waals surface area contributed by atoms with Crippen LogP contribution in [0.5, 0.6) is 0 Å². The van der Waals surface area contributed by atoms with Crippen LogP contribution in [0.25, 0.3) is 0 Å². The molecule has 0 aliphatic heterocycles. The Morgan fingerprint density at radius 1 is 1.32 bits per heavy atom. The fraction of sp³-hybridized carbons (Fsp3) is 0.467. The molecule has 0 spiro atoms. The van der Waals surface area contributed by atoms with Gasteiger partial charge in [0.05, 0.1) is 6.04 Å². The maximum absolute atomic E-state index is 4.46. The average Bonchev–Trinajstić information content (AvgIpc) is 3.10. The monoisotopic (exact) mass is 256 g/mol. The maximum atomic E-state index is 4.46. The molecule has 0 radical (unpaired) electrons. The van der Waals surface area contributed by atoms with Crippen molar-refractivity contribution in [3.8, 4) is 0 Å². The van der Waals surface area contributed by atoms with Gasteiger partial charge in [-0.3, -0.25) is 4.98 Å². The molecule has 2 aromatic rings. The Morgan fingerprint density at radius 2 is 2.16 bits per heavy atom. The zero-order valence-corrected chi connectivity index (χ0v) is 11.3. The minimum absolute atomic E-state index is 0.219. The molecule has 1 unspecified atom stereocenters. The van der Waals surface area contributed by atoms with E-state index in [9.17, 15) is 0 Å². The van der Waals surface area contributed by atoms with Crippen LogP contribution in [0.2, 0.25) is 0 Å². The number of imidazole rings is 1. The first-order valence-electron chi connectivity index (χ1n) is 7.04. The van der Waals surface area contributed by atoms with Crippen LogP contribution in [-0.2, 0) is 0 Å². The van der Waals surface area contributed by atoms with E-state index in [0.29, 0.717) is 6.04 Å². The van der Waals surface area contributed by atoms with Gasteiger partial charge in [0.25, 0.3) is 0 Å². The van der Waals surface area contributed by atoms with Crippen LogP contribution in [0, 0.1) is 0 Å². The Labute approximate surface area is 113 Å². The number of hydrogen-bond acceptors (Lipinski definition) is 3. The Kier molecular flexibility index (Phi) is 3.49. The molecule has 1 fully saturated rings. The summed E-state index contributed by atoms with van der Waals surface area (Å²) in [4.78, 5) is 8.63. The summed E-state index contributed by atoms with van der Waals surface area (Å²) in [5, 5.41) is 3.50. The van der Waals surface area contributed by atoms with E-state index >= 15 is 0 Å². The van der Waals surface area contributed by atoms with Gasteiger partial charge in [0.15, 0.2) is 0 Å². The van der Waals surface area contributed by atoms with Crippen LogP contribution >= 0.6 is 0 Å². The molecule has 4 nitrogen and oxygen atoms in total. The van der Waals surface area contributed by atoms with Gasteiger partial charge in [0.1, 0.15) is 0 Å². The molecule has 0 amide bonds. The second-order valence-corrected chi connectivity index (χ2v) is 5.25. The molecule has 19 heavy (non-hydrogen) atoms. The number of hydrogen-bond donors (Lipinski definition) is 1. The molecule has 2 aromatic heterocycles. The molecular formula is C15H20N4. The number of pyridine rings is 1. The second-order valence-electron chi connectivity index (χ2n) is 5.25. The quantitative estimate of drug-likeness (QED) is 0.909. The minimum Gasteiger partial charge on any atom is -0.349 e. The van der Waals surface area contributed by atoms with Crippen molar-refractivity contribution in [3.05, 3.63) is 42.5 Å². The Hall–Kier alpha value is -1.84. The molecule has 1 saturated carbocycles. The van der Waals surface area contributed by atoms with Crippen molar-refractivity contribution in [1.82, 2.24) is 14.5 Å². The third kappa shape index (κ3) is 2.62. The predicted molar refractivity (Wildman–Crippen MR) is 76.0 cm³/mol. The number of rotatable bonds is 4. The van der Waals surface area contributed by atoms with E-state index in [-0.39, 0.29) is 6.04 Å². The van der Waals surface area contributed by atoms with Gasteiger partial charge in [-0.2, -0.15) is 0 Å². The largest absolute Gasteiger partial charge is 0.349 e. The molecular weight excluding hydrogens is 236 g/mol. The molecule has 4 heteroatoms. The summed E-state index contributed by atoms with van der Waals surface area (Å²) in [6, 6.07) is 4.90. The summed E-state index contributed by atoms with van der Waals surface area (Å²) in [6.07, 6.45) is 12.9. The van der Waals surface area contributed by atoms with Crippen LogP contribution in [0.3, 0.4) is 0 Å². The van der Waals surface area contributed by atoms with Gasteiger partial charge in [-0.25, -0.2) is 4.98 Å². The lowest BCUT2D eigenvalue weighted by Crippen LogP contribution is -2.14. The van der Waals surface area contributed by atoms with Gasteiger partial charge in [-0.1, -0.05) is 18.9 Å². The highest BCUT2D eigenvalue weighted by molar-refractivity contribution is 5.32. The molecule has 0 aromatic carbocycles. The van der Waals surface area contributed by atoms with Crippen LogP contribution in [0.4, 0.5) is 5.95 Å². The summed E-state index contributed by atoms with van der Waals surface area (Å²) < 4.78 is 2.29. The van der Waals surface area contributed by atoms with E-state index in [0.717, 1.165) is 5.95 Å². The summed E-state index contributed by atoms with van der Waals surface area (Å²) in [6.45, 7) is 2.14. The number of anilines is 1. The zero-order valence-electron chi connectivity index (χ0n) is 11.3. The van der Waals surface area contributed by atoms with E-state index in [4.69, 9.17) is 0 Å². The molecule has 3 rings (SSSR count). The van der Waals surface area contributed by atoms with Crippen molar-refractivity contribution in [2.75, 3.05) is 5.32 Å². The lowest BCUT2D eigenvalue weighted by molar-refractivity contribution is 0.521. The van der Waals surface area contributed by atoms with Crippen LogP contribution in [0.15, 0.2) is 36.9 Å². The molecule has 0 bridgehead atoms. The topological polar surface area (TPSA) is 42.7 Å². The standard InChI is InChI=1S/C15H20N4/c1-12(13-5-4-8-16-11-13)18-15-17-9-10-19(15)14-6-2-3-7-14/h4-5,8-12,14H,2-3,6-7H2,1H3,(H,17,18). The van der Waals surface area contributed by atoms with Crippen molar-refractivity contribution in [2.24, 2.45) is 0 Å². The Bertz CT molecular complexity index is 514. The Morgan fingerprint density at radius 3 is 2.89 bits per heavy atom. The average molecular weight is 256 g/mol. The van der Waals surface area contributed by atoms with E-state index in [1.165, 1.54) is 31.2 Å². The summed E-state index contributed by atoms with van der Waals surface area (Å²) in [5.41, 5.74) is 1.18. The van der Waals surface area contributed by atoms with E-state index in [2.05, 4.69) is 39.0 Å². The number of nitrogens with zero attached hydrogens (tertiary/aromatic N) is 3. The van der Waals surface area contributed by atoms with Crippen LogP contribution in [0.1, 0.15) is 50.3 Å². The first kappa shape index (κ1) is 12.2. The van der Waals surface area contributed by atoms with Crippen LogP contribution < -0.4 is 5.32 Å². The van der Waals surface area contributed by atoms with Gasteiger partial charge in [0.2, 0.25) is 5.95 Å². The zero-order chi connectivity index (χ0) is 13.1. The summed E-state index contributed by atoms with van der Waals surface area (Å²) in [5.74, 6) is 0.975. The highest BCUT2D eigenvalue weighted by atomic mass is 15.2. The molecule has 100 valence electrons. The third-order valence-corrected chi connectivity index (χ3v) is 3.92. The first-order chi connectivity index (χ1) is 9.34. The van der Waals surface area contributed by atoms with Gasteiger partial charge in [-0.15, -0.1) is 0 Å². The highest BCUT2D eigenvalue weighted by Gasteiger charge is 2.20. The fourth-order valence-electron chi connectivity index (χ4n) is 2.81. The van der Waals surface area contributed by atoms with Crippen molar-refractivity contribution >= 4 is 5.95 Å². The number of aromatic nitrogens is 3. The lowest BCUT2D eigenvalue weighted by Gasteiger charge is -2.19. The summed E-state index contributed by atoms with van der Waals surface area (Å²) >= 11 is 0. The van der Waals surface area contributed by atoms with E-state index in [1.54, 1.807) is 6.20 Å². The van der Waals surface area contributed by atoms with Crippen molar-refractivity contribution < 1.29 is 0 Å². The van der Waals surface area contributed by atoms with Gasteiger partial charge < -0.3 is 9.88 Å². The second kappa shape index (κ2) is 5.43. The third-order valence-electron chi connectivity index (χ3n) is 3.92. The molecule has 1 aliphatic carbocycles. The molecule has 2 heterocycles. The van der Waals surface area contributed by atoms with Gasteiger partial charge in [0, 0.05) is 30.8 Å². The molecule has 0 saturated heterocycles. The minimum atomic E-state index is 0.219. The highest BCUT2D eigenvalue weighted by Crippen LogP contribution is 2.32. The van der Waals surface area contributed by atoms with Crippen LogP contribution in [-0.4, -0.2) is 14.5 Å². The molecule has 1 atom stereocenters.